The first-order valence-electron chi connectivity index (χ1n) is 11.9. The van der Waals surface area contributed by atoms with Gasteiger partial charge in [0.05, 0.1) is 11.4 Å². The molecule has 0 aliphatic heterocycles. The molecule has 0 atom stereocenters. The number of carbonyl (C=O) groups excluding carboxylic acids is 1. The Hall–Kier alpha value is -2.89. The summed E-state index contributed by atoms with van der Waals surface area (Å²) in [5, 5.41) is 0. The van der Waals surface area contributed by atoms with Crippen LogP contribution in [0.1, 0.15) is 43.0 Å². The lowest BCUT2D eigenvalue weighted by Crippen LogP contribution is -2.33. The van der Waals surface area contributed by atoms with E-state index in [9.17, 15) is 4.79 Å². The molecule has 5 heteroatoms. The van der Waals surface area contributed by atoms with E-state index >= 15 is 0 Å². The van der Waals surface area contributed by atoms with Gasteiger partial charge >= 0.3 is 6.09 Å². The van der Waals surface area contributed by atoms with Crippen molar-refractivity contribution in [3.8, 4) is 0 Å². The van der Waals surface area contributed by atoms with Crippen molar-refractivity contribution in [1.29, 1.82) is 0 Å². The number of halogens is 2. The molecule has 36 heavy (non-hydrogen) atoms. The van der Waals surface area contributed by atoms with E-state index in [2.05, 4.69) is 80.4 Å². The smallest absolute Gasteiger partial charge is 0.419 e. The summed E-state index contributed by atoms with van der Waals surface area (Å²) in [6.07, 6.45) is 1.25. The van der Waals surface area contributed by atoms with Crippen LogP contribution in [0.3, 0.4) is 0 Å². The highest BCUT2D eigenvalue weighted by molar-refractivity contribution is 9.10. The van der Waals surface area contributed by atoms with E-state index in [0.29, 0.717) is 0 Å². The average molecular weight is 607 g/mol. The van der Waals surface area contributed by atoms with Gasteiger partial charge in [-0.2, -0.15) is 0 Å². The number of carbonyl (C=O) groups is 1. The third-order valence-corrected chi connectivity index (χ3v) is 6.67. The van der Waals surface area contributed by atoms with Gasteiger partial charge < -0.3 is 4.74 Å². The number of anilines is 2. The van der Waals surface area contributed by atoms with E-state index in [4.69, 9.17) is 4.74 Å². The van der Waals surface area contributed by atoms with Crippen LogP contribution in [0.4, 0.5) is 16.2 Å². The minimum atomic E-state index is -0.599. The summed E-state index contributed by atoms with van der Waals surface area (Å²) in [5.41, 5.74) is 5.75. The topological polar surface area (TPSA) is 29.5 Å². The Balaban J connectivity index is 1.57. The molecule has 0 aliphatic carbocycles. The van der Waals surface area contributed by atoms with Gasteiger partial charge in [-0.3, -0.25) is 0 Å². The van der Waals surface area contributed by atoms with Gasteiger partial charge in [0.1, 0.15) is 5.60 Å². The fourth-order valence-electron chi connectivity index (χ4n) is 3.87. The molecular weight excluding hydrogens is 578 g/mol. The third kappa shape index (κ3) is 7.31. The normalized spacial score (nSPS) is 11.2. The van der Waals surface area contributed by atoms with Crippen molar-refractivity contribution in [3.63, 3.8) is 0 Å². The van der Waals surface area contributed by atoms with Crippen molar-refractivity contribution in [1.82, 2.24) is 0 Å². The maximum Gasteiger partial charge on any atom is 0.419 e. The zero-order valence-corrected chi connectivity index (χ0v) is 23.8. The van der Waals surface area contributed by atoms with Gasteiger partial charge in [-0.15, -0.1) is 0 Å². The molecule has 1 amide bonds. The first-order chi connectivity index (χ1) is 17.2. The summed E-state index contributed by atoms with van der Waals surface area (Å²) < 4.78 is 7.90. The van der Waals surface area contributed by atoms with Crippen molar-refractivity contribution in [2.75, 3.05) is 4.90 Å². The van der Waals surface area contributed by atoms with Crippen LogP contribution in [0.15, 0.2) is 106 Å². The molecule has 0 aliphatic rings. The highest BCUT2D eigenvalue weighted by atomic mass is 79.9. The number of amides is 1. The fourth-order valence-corrected chi connectivity index (χ4v) is 4.40. The summed E-state index contributed by atoms with van der Waals surface area (Å²) in [4.78, 5) is 14.9. The van der Waals surface area contributed by atoms with Gasteiger partial charge in [-0.25, -0.2) is 9.69 Å². The van der Waals surface area contributed by atoms with Crippen molar-refractivity contribution >= 4 is 49.3 Å². The molecule has 0 unspecified atom stereocenters. The molecule has 0 spiro atoms. The van der Waals surface area contributed by atoms with E-state index in [-0.39, 0.29) is 0 Å². The molecular formula is C31H29Br2NO2. The second-order valence-electron chi connectivity index (χ2n) is 9.76. The molecule has 0 N–H and O–H groups in total. The summed E-state index contributed by atoms with van der Waals surface area (Å²) in [6, 6.07) is 32.8. The van der Waals surface area contributed by atoms with Crippen LogP contribution in [0, 0.1) is 0 Å². The second kappa shape index (κ2) is 11.4. The van der Waals surface area contributed by atoms with Crippen LogP contribution in [-0.4, -0.2) is 11.7 Å². The van der Waals surface area contributed by atoms with Crippen molar-refractivity contribution < 1.29 is 9.53 Å². The van der Waals surface area contributed by atoms with Crippen molar-refractivity contribution in [3.05, 3.63) is 128 Å². The molecule has 4 aromatic rings. The summed E-state index contributed by atoms with van der Waals surface area (Å²) >= 11 is 6.97. The molecule has 184 valence electrons. The first-order valence-corrected chi connectivity index (χ1v) is 13.4. The lowest BCUT2D eigenvalue weighted by Gasteiger charge is -2.28. The molecule has 4 rings (SSSR count). The maximum absolute atomic E-state index is 13.3. The van der Waals surface area contributed by atoms with Crippen LogP contribution in [0.5, 0.6) is 0 Å². The monoisotopic (exact) mass is 605 g/mol. The highest BCUT2D eigenvalue weighted by Gasteiger charge is 2.25. The summed E-state index contributed by atoms with van der Waals surface area (Å²) in [5.74, 6) is 0. The van der Waals surface area contributed by atoms with Crippen LogP contribution < -0.4 is 4.90 Å². The van der Waals surface area contributed by atoms with Crippen LogP contribution in [0.2, 0.25) is 0 Å². The zero-order valence-electron chi connectivity index (χ0n) is 20.7. The second-order valence-corrected chi connectivity index (χ2v) is 11.6. The van der Waals surface area contributed by atoms with E-state index < -0.39 is 11.7 Å². The fraction of sp³-hybridized carbons (Fsp3) is 0.194. The quantitative estimate of drug-likeness (QED) is 0.219. The molecule has 0 heterocycles. The largest absolute Gasteiger partial charge is 0.443 e. The van der Waals surface area contributed by atoms with E-state index in [0.717, 1.165) is 33.2 Å². The zero-order chi connectivity index (χ0) is 25.7. The summed E-state index contributed by atoms with van der Waals surface area (Å²) in [6.45, 7) is 5.64. The number of ether oxygens (including phenoxy) is 1. The van der Waals surface area contributed by atoms with Crippen molar-refractivity contribution in [2.45, 2.75) is 39.2 Å². The number of hydrogen-bond acceptors (Lipinski definition) is 2. The van der Waals surface area contributed by atoms with Gasteiger partial charge in [0.15, 0.2) is 0 Å². The molecule has 3 nitrogen and oxygen atoms in total. The molecule has 0 saturated carbocycles. The molecule has 0 aromatic heterocycles. The number of benzene rings is 4. The number of nitrogens with zero attached hydrogens (tertiary/aromatic N) is 1. The Kier molecular flexibility index (Phi) is 8.32. The first kappa shape index (κ1) is 26.2. The molecule has 0 radical (unpaired) electrons. The lowest BCUT2D eigenvalue weighted by molar-refractivity contribution is 0.0599. The van der Waals surface area contributed by atoms with Gasteiger partial charge in [-0.1, -0.05) is 80.4 Å². The maximum atomic E-state index is 13.3. The van der Waals surface area contributed by atoms with Crippen LogP contribution in [0.25, 0.3) is 0 Å². The standard InChI is InChI=1S/C31H29Br2NO2/c1-31(2,3)36-30(35)34(28-16-8-24(9-17-28)20-22-4-12-26(32)13-5-22)29-18-10-25(11-19-29)21-23-6-14-27(33)15-7-23/h4-19H,20-21H2,1-3H3. The Labute approximate surface area is 230 Å². The Bertz CT molecular complexity index is 1200. The van der Waals surface area contributed by atoms with Crippen LogP contribution >= 0.6 is 31.9 Å². The van der Waals surface area contributed by atoms with E-state index in [1.807, 2.05) is 69.3 Å². The van der Waals surface area contributed by atoms with Gasteiger partial charge in [-0.05, 0) is 104 Å². The molecule has 4 aromatic carbocycles. The SMILES string of the molecule is CC(C)(C)OC(=O)N(c1ccc(Cc2ccc(Br)cc2)cc1)c1ccc(Cc2ccc(Br)cc2)cc1. The van der Waals surface area contributed by atoms with Gasteiger partial charge in [0.2, 0.25) is 0 Å². The summed E-state index contributed by atoms with van der Waals surface area (Å²) in [7, 11) is 0. The van der Waals surface area contributed by atoms with Crippen LogP contribution in [-0.2, 0) is 17.6 Å². The number of hydrogen-bond donors (Lipinski definition) is 0. The molecule has 0 saturated heterocycles. The molecule has 0 bridgehead atoms. The highest BCUT2D eigenvalue weighted by Crippen LogP contribution is 2.29. The molecule has 0 fully saturated rings. The number of rotatable bonds is 6. The predicted octanol–water partition coefficient (Wildman–Crippen LogP) is 9.47. The minimum absolute atomic E-state index is 0.399. The third-order valence-electron chi connectivity index (χ3n) is 5.61. The lowest BCUT2D eigenvalue weighted by atomic mass is 10.0. The predicted molar refractivity (Wildman–Crippen MR) is 155 cm³/mol. The van der Waals surface area contributed by atoms with Gasteiger partial charge in [0.25, 0.3) is 0 Å². The van der Waals surface area contributed by atoms with E-state index in [1.54, 1.807) is 4.90 Å². The Morgan fingerprint density at radius 2 is 0.917 bits per heavy atom. The average Bonchev–Trinajstić information content (AvgIpc) is 2.83. The van der Waals surface area contributed by atoms with E-state index in [1.165, 1.54) is 22.3 Å². The van der Waals surface area contributed by atoms with Gasteiger partial charge in [0, 0.05) is 8.95 Å². The van der Waals surface area contributed by atoms with Crippen molar-refractivity contribution in [2.24, 2.45) is 0 Å². The Morgan fingerprint density at radius 1 is 0.611 bits per heavy atom. The Morgan fingerprint density at radius 3 is 1.22 bits per heavy atom. The minimum Gasteiger partial charge on any atom is -0.443 e.